The molecule has 10 heteroatoms. The maximum atomic E-state index is 12.3. The molecule has 9 nitrogen and oxygen atoms in total. The molecular weight excluding hydrogens is 360 g/mol. The van der Waals surface area contributed by atoms with E-state index in [-0.39, 0.29) is 22.8 Å². The molecule has 1 aromatic heterocycles. The van der Waals surface area contributed by atoms with Crippen molar-refractivity contribution in [3.63, 3.8) is 0 Å². The van der Waals surface area contributed by atoms with Gasteiger partial charge in [0, 0.05) is 24.4 Å². The van der Waals surface area contributed by atoms with Crippen LogP contribution in [0.5, 0.6) is 0 Å². The van der Waals surface area contributed by atoms with Gasteiger partial charge in [0.1, 0.15) is 6.54 Å². The third kappa shape index (κ3) is 4.67. The minimum atomic E-state index is -3.67. The molecule has 0 radical (unpaired) electrons. The highest BCUT2D eigenvalue weighted by Crippen LogP contribution is 2.28. The molecule has 0 unspecified atom stereocenters. The summed E-state index contributed by atoms with van der Waals surface area (Å²) in [4.78, 5) is 23.0. The molecule has 2 aromatic rings. The van der Waals surface area contributed by atoms with Crippen LogP contribution in [0.4, 0.5) is 5.82 Å². The van der Waals surface area contributed by atoms with Gasteiger partial charge in [0.05, 0.1) is 4.90 Å². The van der Waals surface area contributed by atoms with E-state index in [1.165, 1.54) is 41.2 Å². The van der Waals surface area contributed by atoms with Crippen LogP contribution in [-0.2, 0) is 21.4 Å². The molecule has 3 N–H and O–H groups in total. The number of carboxylic acid groups (broad SMARTS) is 1. The van der Waals surface area contributed by atoms with Crippen LogP contribution in [0.1, 0.15) is 23.2 Å². The van der Waals surface area contributed by atoms with E-state index in [4.69, 9.17) is 5.11 Å². The molecule has 0 spiro atoms. The van der Waals surface area contributed by atoms with Gasteiger partial charge in [-0.3, -0.25) is 14.3 Å². The molecule has 1 fully saturated rings. The highest BCUT2D eigenvalue weighted by Gasteiger charge is 2.24. The molecule has 1 aromatic carbocycles. The summed E-state index contributed by atoms with van der Waals surface area (Å²) in [6, 6.07) is 7.15. The fourth-order valence-electron chi connectivity index (χ4n) is 2.28. The zero-order valence-electron chi connectivity index (χ0n) is 13.8. The predicted octanol–water partition coefficient (Wildman–Crippen LogP) is 0.908. The topological polar surface area (TPSA) is 130 Å². The van der Waals surface area contributed by atoms with E-state index in [0.29, 0.717) is 12.5 Å². The van der Waals surface area contributed by atoms with E-state index in [1.54, 1.807) is 0 Å². The zero-order chi connectivity index (χ0) is 18.7. The molecule has 1 heterocycles. The highest BCUT2D eigenvalue weighted by molar-refractivity contribution is 7.89. The monoisotopic (exact) mass is 378 g/mol. The molecule has 0 atom stereocenters. The third-order valence-corrected chi connectivity index (χ3v) is 5.27. The second kappa shape index (κ2) is 7.26. The van der Waals surface area contributed by atoms with Crippen LogP contribution in [0, 0.1) is 5.92 Å². The lowest BCUT2D eigenvalue weighted by Gasteiger charge is -2.08. The first-order chi connectivity index (χ1) is 12.3. The summed E-state index contributed by atoms with van der Waals surface area (Å²) >= 11 is 0. The van der Waals surface area contributed by atoms with E-state index in [9.17, 15) is 18.0 Å². The summed E-state index contributed by atoms with van der Waals surface area (Å²) in [6.45, 7) is 0.0794. The number of anilines is 1. The van der Waals surface area contributed by atoms with E-state index in [2.05, 4.69) is 15.1 Å². The third-order valence-electron chi connectivity index (χ3n) is 3.84. The smallest absolute Gasteiger partial charge is 0.325 e. The lowest BCUT2D eigenvalue weighted by Crippen LogP contribution is -2.26. The van der Waals surface area contributed by atoms with E-state index >= 15 is 0 Å². The standard InChI is InChI=1S/C16H18N4O5S/c21-15(22)10-20-7-6-14(19-20)18-16(23)12-2-1-3-13(8-12)26(24,25)17-9-11-4-5-11/h1-3,6-8,11,17H,4-5,9-10H2,(H,21,22)(H,18,19,23). The number of carbonyl (C=O) groups is 2. The molecular formula is C16H18N4O5S. The van der Waals surface area contributed by atoms with Crippen molar-refractivity contribution < 1.29 is 23.1 Å². The number of carbonyl (C=O) groups excluding carboxylic acids is 1. The Morgan fingerprint density at radius 1 is 1.27 bits per heavy atom. The van der Waals surface area contributed by atoms with Gasteiger partial charge in [0.15, 0.2) is 5.82 Å². The lowest BCUT2D eigenvalue weighted by atomic mass is 10.2. The molecule has 0 bridgehead atoms. The fraction of sp³-hybridized carbons (Fsp3) is 0.312. The predicted molar refractivity (Wildman–Crippen MR) is 92.2 cm³/mol. The first-order valence-electron chi connectivity index (χ1n) is 8.00. The minimum absolute atomic E-state index is 0.0159. The van der Waals surface area contributed by atoms with Crippen LogP contribution in [0.25, 0.3) is 0 Å². The van der Waals surface area contributed by atoms with E-state index < -0.39 is 21.9 Å². The maximum absolute atomic E-state index is 12.3. The Balaban J connectivity index is 1.69. The molecule has 0 aliphatic heterocycles. The van der Waals surface area contributed by atoms with Crippen LogP contribution >= 0.6 is 0 Å². The minimum Gasteiger partial charge on any atom is -0.480 e. The Morgan fingerprint density at radius 3 is 2.73 bits per heavy atom. The molecule has 1 aliphatic rings. The van der Waals surface area contributed by atoms with Crippen molar-refractivity contribution in [2.75, 3.05) is 11.9 Å². The molecule has 3 rings (SSSR count). The van der Waals surface area contributed by atoms with Gasteiger partial charge in [-0.15, -0.1) is 0 Å². The number of nitrogens with one attached hydrogen (secondary N) is 2. The summed E-state index contributed by atoms with van der Waals surface area (Å²) in [5.74, 6) is -1.01. The normalized spacial score (nSPS) is 14.2. The van der Waals surface area contributed by atoms with Crippen molar-refractivity contribution >= 4 is 27.7 Å². The van der Waals surface area contributed by atoms with Crippen LogP contribution < -0.4 is 10.0 Å². The first kappa shape index (κ1) is 18.1. The SMILES string of the molecule is O=C(O)Cn1ccc(NC(=O)c2cccc(S(=O)(=O)NCC3CC3)c2)n1. The maximum Gasteiger partial charge on any atom is 0.325 e. The average Bonchev–Trinajstić information content (AvgIpc) is 3.33. The van der Waals surface area contributed by atoms with Gasteiger partial charge in [0.25, 0.3) is 5.91 Å². The Hall–Kier alpha value is -2.72. The lowest BCUT2D eigenvalue weighted by molar-refractivity contribution is -0.137. The Bertz CT molecular complexity index is 934. The van der Waals surface area contributed by atoms with Crippen molar-refractivity contribution in [2.45, 2.75) is 24.3 Å². The number of hydrogen-bond donors (Lipinski definition) is 3. The van der Waals surface area contributed by atoms with Crippen molar-refractivity contribution in [3.05, 3.63) is 42.1 Å². The van der Waals surface area contributed by atoms with Crippen LogP contribution in [-0.4, -0.2) is 41.7 Å². The Kier molecular flexibility index (Phi) is 5.05. The zero-order valence-corrected chi connectivity index (χ0v) is 14.6. The van der Waals surface area contributed by atoms with Gasteiger partial charge in [-0.2, -0.15) is 5.10 Å². The second-order valence-corrected chi connectivity index (χ2v) is 7.84. The summed E-state index contributed by atoms with van der Waals surface area (Å²) < 4.78 is 28.3. The average molecular weight is 378 g/mol. The number of aromatic nitrogens is 2. The summed E-state index contributed by atoms with van der Waals surface area (Å²) in [7, 11) is -3.67. The number of rotatable bonds is 8. The number of amides is 1. The number of carboxylic acids is 1. The van der Waals surface area contributed by atoms with Crippen LogP contribution in [0.3, 0.4) is 0 Å². The van der Waals surface area contributed by atoms with Crippen molar-refractivity contribution in [3.8, 4) is 0 Å². The van der Waals surface area contributed by atoms with Gasteiger partial charge < -0.3 is 10.4 Å². The second-order valence-electron chi connectivity index (χ2n) is 6.07. The van der Waals surface area contributed by atoms with Crippen molar-refractivity contribution in [1.82, 2.24) is 14.5 Å². The molecule has 0 saturated heterocycles. The number of benzene rings is 1. The van der Waals surface area contributed by atoms with Gasteiger partial charge >= 0.3 is 5.97 Å². The van der Waals surface area contributed by atoms with Crippen LogP contribution in [0.15, 0.2) is 41.4 Å². The van der Waals surface area contributed by atoms with Gasteiger partial charge in [-0.05, 0) is 37.0 Å². The van der Waals surface area contributed by atoms with Crippen molar-refractivity contribution in [1.29, 1.82) is 0 Å². The number of hydrogen-bond acceptors (Lipinski definition) is 5. The summed E-state index contributed by atoms with van der Waals surface area (Å²) in [6.07, 6.45) is 3.48. The molecule has 1 saturated carbocycles. The largest absolute Gasteiger partial charge is 0.480 e. The first-order valence-corrected chi connectivity index (χ1v) is 9.48. The van der Waals surface area contributed by atoms with E-state index in [0.717, 1.165) is 12.8 Å². The fourth-order valence-corrected chi connectivity index (χ4v) is 3.44. The van der Waals surface area contributed by atoms with Crippen LogP contribution in [0.2, 0.25) is 0 Å². The number of sulfonamides is 1. The Morgan fingerprint density at radius 2 is 2.04 bits per heavy atom. The number of aliphatic carboxylic acids is 1. The molecule has 1 aliphatic carbocycles. The summed E-state index contributed by atoms with van der Waals surface area (Å²) in [5.41, 5.74) is 0.159. The van der Waals surface area contributed by atoms with Gasteiger partial charge in [0.2, 0.25) is 10.0 Å². The van der Waals surface area contributed by atoms with Gasteiger partial charge in [-0.25, -0.2) is 13.1 Å². The van der Waals surface area contributed by atoms with E-state index in [1.807, 2.05) is 0 Å². The van der Waals surface area contributed by atoms with Gasteiger partial charge in [-0.1, -0.05) is 6.07 Å². The highest BCUT2D eigenvalue weighted by atomic mass is 32.2. The Labute approximate surface area is 150 Å². The molecule has 1 amide bonds. The molecule has 26 heavy (non-hydrogen) atoms. The summed E-state index contributed by atoms with van der Waals surface area (Å²) in [5, 5.41) is 15.1. The quantitative estimate of drug-likeness (QED) is 0.626. The number of nitrogens with zero attached hydrogens (tertiary/aromatic N) is 2. The molecule has 138 valence electrons. The van der Waals surface area contributed by atoms with Crippen molar-refractivity contribution in [2.24, 2.45) is 5.92 Å².